The molecule has 2 aromatic carbocycles. The number of hydrogen-bond acceptors (Lipinski definition) is 1. The zero-order valence-corrected chi connectivity index (χ0v) is 13.3. The third kappa shape index (κ3) is 4.31. The third-order valence-corrected chi connectivity index (χ3v) is 4.28. The van der Waals surface area contributed by atoms with Gasteiger partial charge in [-0.05, 0) is 41.5 Å². The van der Waals surface area contributed by atoms with Crippen LogP contribution in [0.5, 0.6) is 0 Å². The first-order chi connectivity index (χ1) is 11.3. The van der Waals surface area contributed by atoms with Crippen molar-refractivity contribution in [1.82, 2.24) is 10.6 Å². The Morgan fingerprint density at radius 1 is 1.09 bits per heavy atom. The van der Waals surface area contributed by atoms with E-state index < -0.39 is 0 Å². The minimum atomic E-state index is -0.211. The zero-order chi connectivity index (χ0) is 16.1. The standard InChI is InChI=1S/C19H22FN3/c1-21-19(22-12-14-7-9-17(20)10-8-14)23-13-16-11-18(16)15-5-3-2-4-6-15/h2-10,16,18H,11-13H2,1H3,(H2,21,22,23). The molecule has 0 bridgehead atoms. The molecule has 0 heterocycles. The second-order valence-electron chi connectivity index (χ2n) is 5.95. The Morgan fingerprint density at radius 2 is 1.83 bits per heavy atom. The lowest BCUT2D eigenvalue weighted by Crippen LogP contribution is -2.38. The van der Waals surface area contributed by atoms with Gasteiger partial charge in [0.15, 0.2) is 5.96 Å². The van der Waals surface area contributed by atoms with Crippen LogP contribution >= 0.6 is 0 Å². The SMILES string of the molecule is CN=C(NCc1ccc(F)cc1)NCC1CC1c1ccccc1. The molecule has 1 aliphatic carbocycles. The highest BCUT2D eigenvalue weighted by Gasteiger charge is 2.37. The van der Waals surface area contributed by atoms with Gasteiger partial charge in [-0.3, -0.25) is 4.99 Å². The summed E-state index contributed by atoms with van der Waals surface area (Å²) in [6.45, 7) is 1.55. The monoisotopic (exact) mass is 311 g/mol. The fourth-order valence-electron chi connectivity index (χ4n) is 2.82. The summed E-state index contributed by atoms with van der Waals surface area (Å²) < 4.78 is 12.9. The Hall–Kier alpha value is -2.36. The smallest absolute Gasteiger partial charge is 0.191 e. The highest BCUT2D eigenvalue weighted by molar-refractivity contribution is 5.79. The Kier molecular flexibility index (Phi) is 4.91. The van der Waals surface area contributed by atoms with Crippen LogP contribution in [0.15, 0.2) is 59.6 Å². The van der Waals surface area contributed by atoms with E-state index in [2.05, 4.69) is 46.0 Å². The molecule has 4 heteroatoms. The molecule has 3 nitrogen and oxygen atoms in total. The van der Waals surface area contributed by atoms with Crippen molar-refractivity contribution in [3.63, 3.8) is 0 Å². The molecule has 0 saturated heterocycles. The van der Waals surface area contributed by atoms with E-state index in [-0.39, 0.29) is 5.82 Å². The highest BCUT2D eigenvalue weighted by atomic mass is 19.1. The summed E-state index contributed by atoms with van der Waals surface area (Å²) >= 11 is 0. The van der Waals surface area contributed by atoms with Crippen molar-refractivity contribution in [3.8, 4) is 0 Å². The van der Waals surface area contributed by atoms with Crippen LogP contribution in [0.25, 0.3) is 0 Å². The van der Waals surface area contributed by atoms with Crippen molar-refractivity contribution in [2.75, 3.05) is 13.6 Å². The minimum Gasteiger partial charge on any atom is -0.356 e. The fraction of sp³-hybridized carbons (Fsp3) is 0.316. The van der Waals surface area contributed by atoms with Gasteiger partial charge in [0.05, 0.1) is 0 Å². The van der Waals surface area contributed by atoms with E-state index in [1.807, 2.05) is 0 Å². The van der Waals surface area contributed by atoms with Crippen LogP contribution in [0.1, 0.15) is 23.5 Å². The van der Waals surface area contributed by atoms with Crippen LogP contribution in [-0.4, -0.2) is 19.6 Å². The van der Waals surface area contributed by atoms with Gasteiger partial charge in [-0.1, -0.05) is 42.5 Å². The largest absolute Gasteiger partial charge is 0.356 e. The zero-order valence-electron chi connectivity index (χ0n) is 13.3. The fourth-order valence-corrected chi connectivity index (χ4v) is 2.82. The quantitative estimate of drug-likeness (QED) is 0.656. The Morgan fingerprint density at radius 3 is 2.52 bits per heavy atom. The van der Waals surface area contributed by atoms with E-state index in [0.717, 1.165) is 18.1 Å². The molecule has 2 aromatic rings. The molecule has 3 rings (SSSR count). The maximum atomic E-state index is 12.9. The van der Waals surface area contributed by atoms with Crippen LogP contribution in [0.3, 0.4) is 0 Å². The molecule has 1 aliphatic rings. The molecule has 120 valence electrons. The van der Waals surface area contributed by atoms with Gasteiger partial charge in [-0.2, -0.15) is 0 Å². The number of guanidine groups is 1. The molecule has 0 radical (unpaired) electrons. The van der Waals surface area contributed by atoms with Crippen molar-refractivity contribution in [3.05, 3.63) is 71.5 Å². The summed E-state index contributed by atoms with van der Waals surface area (Å²) in [5.74, 6) is 1.91. The average molecular weight is 311 g/mol. The van der Waals surface area contributed by atoms with Gasteiger partial charge in [0, 0.05) is 20.1 Å². The first-order valence-corrected chi connectivity index (χ1v) is 8.00. The normalized spacial score (nSPS) is 20.2. The average Bonchev–Trinajstić information content (AvgIpc) is 3.37. The molecule has 0 amide bonds. The van der Waals surface area contributed by atoms with Gasteiger partial charge in [-0.15, -0.1) is 0 Å². The predicted octanol–water partition coefficient (Wildman–Crippen LogP) is 3.29. The number of aliphatic imine (C=N–C) groups is 1. The molecule has 0 spiro atoms. The van der Waals surface area contributed by atoms with E-state index >= 15 is 0 Å². The van der Waals surface area contributed by atoms with Crippen molar-refractivity contribution < 1.29 is 4.39 Å². The number of rotatable bonds is 5. The van der Waals surface area contributed by atoms with Crippen molar-refractivity contribution in [2.45, 2.75) is 18.9 Å². The van der Waals surface area contributed by atoms with Crippen molar-refractivity contribution >= 4 is 5.96 Å². The summed E-state index contributed by atoms with van der Waals surface area (Å²) in [7, 11) is 1.77. The van der Waals surface area contributed by atoms with Gasteiger partial charge in [0.25, 0.3) is 0 Å². The summed E-state index contributed by atoms with van der Waals surface area (Å²) in [6.07, 6.45) is 1.23. The summed E-state index contributed by atoms with van der Waals surface area (Å²) in [5, 5.41) is 6.64. The Balaban J connectivity index is 1.43. The lowest BCUT2D eigenvalue weighted by atomic mass is 10.1. The van der Waals surface area contributed by atoms with Crippen LogP contribution in [0.4, 0.5) is 4.39 Å². The van der Waals surface area contributed by atoms with Gasteiger partial charge < -0.3 is 10.6 Å². The highest BCUT2D eigenvalue weighted by Crippen LogP contribution is 2.46. The first-order valence-electron chi connectivity index (χ1n) is 8.00. The molecular weight excluding hydrogens is 289 g/mol. The molecule has 0 aliphatic heterocycles. The summed E-state index contributed by atoms with van der Waals surface area (Å²) in [4.78, 5) is 4.24. The second-order valence-corrected chi connectivity index (χ2v) is 5.95. The minimum absolute atomic E-state index is 0.211. The van der Waals surface area contributed by atoms with Gasteiger partial charge >= 0.3 is 0 Å². The van der Waals surface area contributed by atoms with Gasteiger partial charge in [0.2, 0.25) is 0 Å². The van der Waals surface area contributed by atoms with Crippen molar-refractivity contribution in [1.29, 1.82) is 0 Å². The molecule has 1 fully saturated rings. The number of nitrogens with zero attached hydrogens (tertiary/aromatic N) is 1. The topological polar surface area (TPSA) is 36.4 Å². The van der Waals surface area contributed by atoms with E-state index in [0.29, 0.717) is 18.4 Å². The van der Waals surface area contributed by atoms with Crippen molar-refractivity contribution in [2.24, 2.45) is 10.9 Å². The second kappa shape index (κ2) is 7.27. The summed E-state index contributed by atoms with van der Waals surface area (Å²) in [5.41, 5.74) is 2.46. The van der Waals surface area contributed by atoms with E-state index in [1.165, 1.54) is 24.1 Å². The predicted molar refractivity (Wildman–Crippen MR) is 91.9 cm³/mol. The number of halogens is 1. The van der Waals surface area contributed by atoms with E-state index in [1.54, 1.807) is 19.2 Å². The van der Waals surface area contributed by atoms with Crippen LogP contribution < -0.4 is 10.6 Å². The summed E-state index contributed by atoms with van der Waals surface area (Å²) in [6, 6.07) is 17.2. The van der Waals surface area contributed by atoms with E-state index in [4.69, 9.17) is 0 Å². The lowest BCUT2D eigenvalue weighted by molar-refractivity contribution is 0.626. The maximum Gasteiger partial charge on any atom is 0.191 e. The van der Waals surface area contributed by atoms with Gasteiger partial charge in [0.1, 0.15) is 5.82 Å². The Labute approximate surface area is 136 Å². The first kappa shape index (κ1) is 15.5. The molecule has 2 N–H and O–H groups in total. The van der Waals surface area contributed by atoms with Crippen LogP contribution in [-0.2, 0) is 6.54 Å². The number of hydrogen-bond donors (Lipinski definition) is 2. The molecule has 1 saturated carbocycles. The van der Waals surface area contributed by atoms with E-state index in [9.17, 15) is 4.39 Å². The number of benzene rings is 2. The number of nitrogens with one attached hydrogen (secondary N) is 2. The maximum absolute atomic E-state index is 12.9. The van der Waals surface area contributed by atoms with Crippen LogP contribution in [0, 0.1) is 11.7 Å². The molecule has 23 heavy (non-hydrogen) atoms. The third-order valence-electron chi connectivity index (χ3n) is 4.28. The molecule has 0 aromatic heterocycles. The van der Waals surface area contributed by atoms with Gasteiger partial charge in [-0.25, -0.2) is 4.39 Å². The molecule has 2 unspecified atom stereocenters. The lowest BCUT2D eigenvalue weighted by Gasteiger charge is -2.12. The Bertz CT molecular complexity index is 652. The molecule has 2 atom stereocenters. The molecular formula is C19H22FN3. The van der Waals surface area contributed by atoms with Crippen LogP contribution in [0.2, 0.25) is 0 Å².